The fourth-order valence-electron chi connectivity index (χ4n) is 1.98. The second kappa shape index (κ2) is 6.94. The molecule has 0 spiro atoms. The zero-order valence-electron chi connectivity index (χ0n) is 10.9. The van der Waals surface area contributed by atoms with Crippen LogP contribution in [0.2, 0.25) is 5.02 Å². The van der Waals surface area contributed by atoms with Crippen LogP contribution in [0.25, 0.3) is 0 Å². The second-order valence-electron chi connectivity index (χ2n) is 4.30. The molecule has 2 aromatic rings. The standard InChI is InChI=1S/C15H14Br2ClNO/c1-2-20-14-4-3-10(16)8-13(14)15(19)9-5-11(17)7-12(18)6-9/h3-8,15H,2,19H2,1H3. The highest BCUT2D eigenvalue weighted by Gasteiger charge is 2.16. The number of rotatable bonds is 4. The van der Waals surface area contributed by atoms with E-state index in [-0.39, 0.29) is 6.04 Å². The Morgan fingerprint density at radius 3 is 2.55 bits per heavy atom. The van der Waals surface area contributed by atoms with Gasteiger partial charge in [-0.1, -0.05) is 43.5 Å². The van der Waals surface area contributed by atoms with Crippen LogP contribution < -0.4 is 10.5 Å². The predicted octanol–water partition coefficient (Wildman–Crippen LogP) is 5.31. The molecule has 2 N–H and O–H groups in total. The van der Waals surface area contributed by atoms with Crippen molar-refractivity contribution in [1.29, 1.82) is 0 Å². The molecule has 0 aromatic heterocycles. The molecule has 20 heavy (non-hydrogen) atoms. The summed E-state index contributed by atoms with van der Waals surface area (Å²) < 4.78 is 7.52. The highest BCUT2D eigenvalue weighted by atomic mass is 79.9. The molecule has 0 fully saturated rings. The molecule has 0 radical (unpaired) electrons. The van der Waals surface area contributed by atoms with E-state index in [0.29, 0.717) is 11.6 Å². The second-order valence-corrected chi connectivity index (χ2v) is 6.56. The largest absolute Gasteiger partial charge is 0.494 e. The molecule has 2 nitrogen and oxygen atoms in total. The first-order valence-electron chi connectivity index (χ1n) is 6.15. The molecule has 0 aliphatic heterocycles. The van der Waals surface area contributed by atoms with Crippen LogP contribution in [0.1, 0.15) is 24.1 Å². The van der Waals surface area contributed by atoms with E-state index in [4.69, 9.17) is 22.1 Å². The van der Waals surface area contributed by atoms with Crippen LogP contribution in [0.4, 0.5) is 0 Å². The summed E-state index contributed by atoms with van der Waals surface area (Å²) in [4.78, 5) is 0. The molecule has 1 atom stereocenters. The lowest BCUT2D eigenvalue weighted by molar-refractivity contribution is 0.335. The summed E-state index contributed by atoms with van der Waals surface area (Å²) in [5.41, 5.74) is 8.23. The van der Waals surface area contributed by atoms with Gasteiger partial charge < -0.3 is 10.5 Å². The number of hydrogen-bond acceptors (Lipinski definition) is 2. The van der Waals surface area contributed by atoms with Crippen LogP contribution in [0, 0.1) is 0 Å². The van der Waals surface area contributed by atoms with Crippen molar-refractivity contribution in [2.75, 3.05) is 6.61 Å². The predicted molar refractivity (Wildman–Crippen MR) is 90.5 cm³/mol. The van der Waals surface area contributed by atoms with Gasteiger partial charge in [0.05, 0.1) is 12.6 Å². The molecular formula is C15H14Br2ClNO. The SMILES string of the molecule is CCOc1ccc(Br)cc1C(N)c1cc(Cl)cc(Br)c1. The lowest BCUT2D eigenvalue weighted by Gasteiger charge is -2.18. The normalized spacial score (nSPS) is 12.2. The van der Waals surface area contributed by atoms with Gasteiger partial charge in [-0.25, -0.2) is 0 Å². The molecular weight excluding hydrogens is 405 g/mol. The third-order valence-electron chi connectivity index (χ3n) is 2.85. The van der Waals surface area contributed by atoms with Crippen molar-refractivity contribution in [3.05, 3.63) is 61.5 Å². The smallest absolute Gasteiger partial charge is 0.124 e. The first-order valence-corrected chi connectivity index (χ1v) is 8.11. The van der Waals surface area contributed by atoms with Gasteiger partial charge in [-0.05, 0) is 48.9 Å². The van der Waals surface area contributed by atoms with Crippen LogP contribution in [0.5, 0.6) is 5.75 Å². The molecule has 1 unspecified atom stereocenters. The van der Waals surface area contributed by atoms with Crippen molar-refractivity contribution >= 4 is 43.5 Å². The summed E-state index contributed by atoms with van der Waals surface area (Å²) >= 11 is 13.0. The minimum Gasteiger partial charge on any atom is -0.494 e. The zero-order valence-corrected chi connectivity index (χ0v) is 14.8. The lowest BCUT2D eigenvalue weighted by Crippen LogP contribution is -2.13. The maximum atomic E-state index is 6.37. The third-order valence-corrected chi connectivity index (χ3v) is 4.02. The highest BCUT2D eigenvalue weighted by molar-refractivity contribution is 9.10. The van der Waals surface area contributed by atoms with E-state index in [1.807, 2.05) is 43.3 Å². The van der Waals surface area contributed by atoms with Crippen LogP contribution >= 0.6 is 43.5 Å². The fourth-order valence-corrected chi connectivity index (χ4v) is 3.25. The molecule has 0 amide bonds. The average molecular weight is 420 g/mol. The first kappa shape index (κ1) is 15.8. The first-order chi connectivity index (χ1) is 9.51. The molecule has 0 aliphatic carbocycles. The Kier molecular flexibility index (Phi) is 5.49. The molecule has 0 aliphatic rings. The third kappa shape index (κ3) is 3.76. The Morgan fingerprint density at radius 1 is 1.15 bits per heavy atom. The minimum atomic E-state index is -0.302. The van der Waals surface area contributed by atoms with Gasteiger partial charge in [0.25, 0.3) is 0 Å². The topological polar surface area (TPSA) is 35.2 Å². The molecule has 106 valence electrons. The van der Waals surface area contributed by atoms with Gasteiger partial charge in [-0.3, -0.25) is 0 Å². The Hall–Kier alpha value is -0.550. The summed E-state index contributed by atoms with van der Waals surface area (Å²) in [5, 5.41) is 0.651. The average Bonchev–Trinajstić information content (AvgIpc) is 2.39. The molecule has 0 saturated heterocycles. The summed E-state index contributed by atoms with van der Waals surface area (Å²) in [6.45, 7) is 2.55. The van der Waals surface area contributed by atoms with Crippen molar-refractivity contribution < 1.29 is 4.74 Å². The summed E-state index contributed by atoms with van der Waals surface area (Å²) in [5.74, 6) is 0.791. The Morgan fingerprint density at radius 2 is 1.90 bits per heavy atom. The number of benzene rings is 2. The molecule has 0 heterocycles. The van der Waals surface area contributed by atoms with Crippen LogP contribution in [-0.4, -0.2) is 6.61 Å². The van der Waals surface area contributed by atoms with E-state index in [2.05, 4.69) is 31.9 Å². The van der Waals surface area contributed by atoms with Crippen LogP contribution in [0.3, 0.4) is 0 Å². The van der Waals surface area contributed by atoms with Gasteiger partial charge in [0.1, 0.15) is 5.75 Å². The molecule has 5 heteroatoms. The van der Waals surface area contributed by atoms with Gasteiger partial charge >= 0.3 is 0 Å². The van der Waals surface area contributed by atoms with Gasteiger partial charge in [0, 0.05) is 19.5 Å². The van der Waals surface area contributed by atoms with Gasteiger partial charge in [-0.2, -0.15) is 0 Å². The minimum absolute atomic E-state index is 0.302. The van der Waals surface area contributed by atoms with Crippen molar-refractivity contribution in [2.24, 2.45) is 5.73 Å². The number of nitrogens with two attached hydrogens (primary N) is 1. The van der Waals surface area contributed by atoms with Crippen molar-refractivity contribution in [2.45, 2.75) is 13.0 Å². The Labute approximate surface area is 140 Å². The number of halogens is 3. The quantitative estimate of drug-likeness (QED) is 0.729. The molecule has 0 saturated carbocycles. The van der Waals surface area contributed by atoms with Crippen LogP contribution in [-0.2, 0) is 0 Å². The van der Waals surface area contributed by atoms with Crippen molar-refractivity contribution in [3.63, 3.8) is 0 Å². The monoisotopic (exact) mass is 417 g/mol. The number of hydrogen-bond donors (Lipinski definition) is 1. The van der Waals surface area contributed by atoms with Crippen LogP contribution in [0.15, 0.2) is 45.3 Å². The molecule has 0 bridgehead atoms. The highest BCUT2D eigenvalue weighted by Crippen LogP contribution is 2.33. The maximum Gasteiger partial charge on any atom is 0.124 e. The van der Waals surface area contributed by atoms with Crippen molar-refractivity contribution in [1.82, 2.24) is 0 Å². The zero-order chi connectivity index (χ0) is 14.7. The van der Waals surface area contributed by atoms with E-state index in [9.17, 15) is 0 Å². The summed E-state index contributed by atoms with van der Waals surface area (Å²) in [6, 6.07) is 11.2. The Balaban J connectivity index is 2.46. The fraction of sp³-hybridized carbons (Fsp3) is 0.200. The summed E-state index contributed by atoms with van der Waals surface area (Å²) in [7, 11) is 0. The van der Waals surface area contributed by atoms with E-state index >= 15 is 0 Å². The van der Waals surface area contributed by atoms with E-state index in [0.717, 1.165) is 25.8 Å². The maximum absolute atomic E-state index is 6.37. The van der Waals surface area contributed by atoms with E-state index in [1.54, 1.807) is 0 Å². The molecule has 2 rings (SSSR count). The molecule has 2 aromatic carbocycles. The van der Waals surface area contributed by atoms with E-state index < -0.39 is 0 Å². The van der Waals surface area contributed by atoms with Gasteiger partial charge in [-0.15, -0.1) is 0 Å². The van der Waals surface area contributed by atoms with Gasteiger partial charge in [0.2, 0.25) is 0 Å². The van der Waals surface area contributed by atoms with Gasteiger partial charge in [0.15, 0.2) is 0 Å². The van der Waals surface area contributed by atoms with E-state index in [1.165, 1.54) is 0 Å². The number of ether oxygens (including phenoxy) is 1. The lowest BCUT2D eigenvalue weighted by atomic mass is 9.99. The van der Waals surface area contributed by atoms with Crippen molar-refractivity contribution in [3.8, 4) is 5.75 Å². The summed E-state index contributed by atoms with van der Waals surface area (Å²) in [6.07, 6.45) is 0. The Bertz CT molecular complexity index is 599.